The minimum absolute atomic E-state index is 0.558. The van der Waals surface area contributed by atoms with Gasteiger partial charge in [0.1, 0.15) is 0 Å². The number of hydrogen-bond donors (Lipinski definition) is 1. The van der Waals surface area contributed by atoms with Crippen LogP contribution in [-0.2, 0) is 6.54 Å². The Kier molecular flexibility index (Phi) is 3.41. The second-order valence-corrected chi connectivity index (χ2v) is 6.33. The molecule has 110 valence electrons. The number of fused-ring (bicyclic) bond motifs is 1. The highest BCUT2D eigenvalue weighted by molar-refractivity contribution is 6.30. The summed E-state index contributed by atoms with van der Waals surface area (Å²) in [4.78, 5) is 6.91. The van der Waals surface area contributed by atoms with E-state index >= 15 is 0 Å². The van der Waals surface area contributed by atoms with Crippen LogP contribution in [0.1, 0.15) is 5.82 Å². The summed E-state index contributed by atoms with van der Waals surface area (Å²) in [5.41, 5.74) is 0.903. The maximum absolute atomic E-state index is 5.89. The fourth-order valence-electron chi connectivity index (χ4n) is 3.31. The number of nitrogens with zero attached hydrogens (tertiary/aromatic N) is 3. The molecule has 2 saturated heterocycles. The lowest BCUT2D eigenvalue weighted by atomic mass is 10.0. The molecule has 0 aliphatic carbocycles. The van der Waals surface area contributed by atoms with E-state index in [1.807, 2.05) is 24.3 Å². The van der Waals surface area contributed by atoms with Crippen LogP contribution in [0.2, 0.25) is 5.02 Å². The summed E-state index contributed by atoms with van der Waals surface area (Å²) in [5, 5.41) is 8.25. The average Bonchev–Trinajstić information content (AvgIpc) is 3.16. The van der Waals surface area contributed by atoms with Crippen molar-refractivity contribution in [2.75, 3.05) is 26.2 Å². The van der Waals surface area contributed by atoms with Crippen molar-refractivity contribution in [3.05, 3.63) is 35.1 Å². The van der Waals surface area contributed by atoms with Gasteiger partial charge in [-0.25, -0.2) is 0 Å². The minimum Gasteiger partial charge on any atom is -0.334 e. The lowest BCUT2D eigenvalue weighted by Gasteiger charge is -2.13. The zero-order valence-electron chi connectivity index (χ0n) is 11.6. The molecular weight excluding hydrogens is 288 g/mol. The summed E-state index contributed by atoms with van der Waals surface area (Å²) in [6.07, 6.45) is 0. The van der Waals surface area contributed by atoms with Crippen molar-refractivity contribution < 1.29 is 4.52 Å². The van der Waals surface area contributed by atoms with Crippen LogP contribution in [0.25, 0.3) is 11.5 Å². The molecule has 2 atom stereocenters. The second-order valence-electron chi connectivity index (χ2n) is 5.90. The molecule has 0 spiro atoms. The van der Waals surface area contributed by atoms with E-state index in [4.69, 9.17) is 16.1 Å². The molecule has 2 aliphatic heterocycles. The Morgan fingerprint density at radius 3 is 2.62 bits per heavy atom. The van der Waals surface area contributed by atoms with E-state index < -0.39 is 0 Å². The molecule has 2 aliphatic rings. The van der Waals surface area contributed by atoms with Crippen molar-refractivity contribution in [3.63, 3.8) is 0 Å². The lowest BCUT2D eigenvalue weighted by molar-refractivity contribution is 0.291. The first-order valence-corrected chi connectivity index (χ1v) is 7.67. The molecule has 4 rings (SSSR count). The minimum atomic E-state index is 0.558. The Labute approximate surface area is 128 Å². The molecule has 0 bridgehead atoms. The maximum atomic E-state index is 5.89. The van der Waals surface area contributed by atoms with E-state index in [0.29, 0.717) is 10.9 Å². The van der Waals surface area contributed by atoms with Crippen molar-refractivity contribution in [2.24, 2.45) is 11.8 Å². The number of halogens is 1. The summed E-state index contributed by atoms with van der Waals surface area (Å²) < 4.78 is 5.35. The first-order valence-electron chi connectivity index (χ1n) is 7.29. The number of benzene rings is 1. The van der Waals surface area contributed by atoms with Crippen LogP contribution in [0.5, 0.6) is 0 Å². The SMILES string of the molecule is Clc1ccc(-c2nc(CN3C[C@H]4CNC[C@H]4C3)no2)cc1. The molecule has 3 heterocycles. The Morgan fingerprint density at radius 2 is 1.90 bits per heavy atom. The van der Waals surface area contributed by atoms with Crippen molar-refractivity contribution in [2.45, 2.75) is 6.54 Å². The van der Waals surface area contributed by atoms with Crippen molar-refractivity contribution >= 4 is 11.6 Å². The monoisotopic (exact) mass is 304 g/mol. The van der Waals surface area contributed by atoms with Crippen molar-refractivity contribution in [1.82, 2.24) is 20.4 Å². The quantitative estimate of drug-likeness (QED) is 0.940. The van der Waals surface area contributed by atoms with E-state index in [0.717, 1.165) is 55.9 Å². The summed E-state index contributed by atoms with van der Waals surface area (Å²) in [6.45, 7) is 5.31. The van der Waals surface area contributed by atoms with E-state index in [-0.39, 0.29) is 0 Å². The molecule has 2 fully saturated rings. The summed E-state index contributed by atoms with van der Waals surface area (Å²) in [6, 6.07) is 7.45. The highest BCUT2D eigenvalue weighted by atomic mass is 35.5. The van der Waals surface area contributed by atoms with Gasteiger partial charge in [0.25, 0.3) is 5.89 Å². The van der Waals surface area contributed by atoms with Gasteiger partial charge < -0.3 is 9.84 Å². The third-order valence-corrected chi connectivity index (χ3v) is 4.64. The Bertz CT molecular complexity index is 615. The summed E-state index contributed by atoms with van der Waals surface area (Å²) in [5.74, 6) is 2.89. The largest absolute Gasteiger partial charge is 0.334 e. The zero-order valence-corrected chi connectivity index (χ0v) is 12.4. The number of rotatable bonds is 3. The first kappa shape index (κ1) is 13.2. The molecule has 21 heavy (non-hydrogen) atoms. The molecule has 1 aromatic heterocycles. The molecule has 0 unspecified atom stereocenters. The van der Waals surface area contributed by atoms with Gasteiger partial charge >= 0.3 is 0 Å². The molecule has 6 heteroatoms. The Balaban J connectivity index is 1.44. The number of nitrogens with one attached hydrogen (secondary N) is 1. The normalized spacial score (nSPS) is 25.4. The van der Waals surface area contributed by atoms with E-state index in [9.17, 15) is 0 Å². The highest BCUT2D eigenvalue weighted by Gasteiger charge is 2.36. The van der Waals surface area contributed by atoms with Gasteiger partial charge in [-0.3, -0.25) is 4.90 Å². The average molecular weight is 305 g/mol. The van der Waals surface area contributed by atoms with Gasteiger partial charge in [-0.15, -0.1) is 0 Å². The third kappa shape index (κ3) is 2.69. The van der Waals surface area contributed by atoms with Crippen LogP contribution in [0, 0.1) is 11.8 Å². The standard InChI is InChI=1S/C15H17ClN4O/c16-13-3-1-10(2-4-13)15-18-14(19-21-15)9-20-7-11-5-17-6-12(11)8-20/h1-4,11-12,17H,5-9H2/t11-,12+. The number of likely N-dealkylation sites (tertiary alicyclic amines) is 1. The second kappa shape index (κ2) is 5.40. The fraction of sp³-hybridized carbons (Fsp3) is 0.467. The topological polar surface area (TPSA) is 54.2 Å². The number of aromatic nitrogens is 2. The molecule has 0 saturated carbocycles. The van der Waals surface area contributed by atoms with Gasteiger partial charge in [0, 0.05) is 23.7 Å². The van der Waals surface area contributed by atoms with Crippen LogP contribution >= 0.6 is 11.6 Å². The Morgan fingerprint density at radius 1 is 1.19 bits per heavy atom. The van der Waals surface area contributed by atoms with Gasteiger partial charge in [-0.1, -0.05) is 16.8 Å². The van der Waals surface area contributed by atoms with E-state index in [1.54, 1.807) is 0 Å². The van der Waals surface area contributed by atoms with E-state index in [1.165, 1.54) is 0 Å². The predicted octanol–water partition coefficient (Wildman–Crippen LogP) is 2.04. The molecular formula is C15H17ClN4O. The summed E-state index contributed by atoms with van der Waals surface area (Å²) >= 11 is 5.89. The first-order chi connectivity index (χ1) is 10.3. The van der Waals surface area contributed by atoms with Crippen LogP contribution in [0.3, 0.4) is 0 Å². The number of hydrogen-bond acceptors (Lipinski definition) is 5. The third-order valence-electron chi connectivity index (χ3n) is 4.39. The van der Waals surface area contributed by atoms with Crippen LogP contribution in [0.4, 0.5) is 0 Å². The molecule has 2 aromatic rings. The Hall–Kier alpha value is -1.43. The van der Waals surface area contributed by atoms with Crippen LogP contribution in [-0.4, -0.2) is 41.2 Å². The van der Waals surface area contributed by atoms with Crippen LogP contribution < -0.4 is 5.32 Å². The summed E-state index contributed by atoms with van der Waals surface area (Å²) in [7, 11) is 0. The lowest BCUT2D eigenvalue weighted by Crippen LogP contribution is -2.25. The molecule has 0 amide bonds. The van der Waals surface area contributed by atoms with Gasteiger partial charge in [-0.05, 0) is 49.2 Å². The van der Waals surface area contributed by atoms with Gasteiger partial charge in [-0.2, -0.15) is 4.98 Å². The smallest absolute Gasteiger partial charge is 0.257 e. The predicted molar refractivity (Wildman–Crippen MR) is 79.9 cm³/mol. The van der Waals surface area contributed by atoms with Gasteiger partial charge in [0.2, 0.25) is 0 Å². The highest BCUT2D eigenvalue weighted by Crippen LogP contribution is 2.27. The van der Waals surface area contributed by atoms with Crippen molar-refractivity contribution in [3.8, 4) is 11.5 Å². The molecule has 1 N–H and O–H groups in total. The molecule has 1 aromatic carbocycles. The van der Waals surface area contributed by atoms with Gasteiger partial charge in [0.05, 0.1) is 6.54 Å². The zero-order chi connectivity index (χ0) is 14.2. The van der Waals surface area contributed by atoms with Gasteiger partial charge in [0.15, 0.2) is 5.82 Å². The van der Waals surface area contributed by atoms with Crippen molar-refractivity contribution in [1.29, 1.82) is 0 Å². The maximum Gasteiger partial charge on any atom is 0.257 e. The van der Waals surface area contributed by atoms with Crippen LogP contribution in [0.15, 0.2) is 28.8 Å². The molecule has 0 radical (unpaired) electrons. The van der Waals surface area contributed by atoms with E-state index in [2.05, 4.69) is 20.4 Å². The fourth-order valence-corrected chi connectivity index (χ4v) is 3.44. The molecule has 5 nitrogen and oxygen atoms in total.